The summed E-state index contributed by atoms with van der Waals surface area (Å²) < 4.78 is 10.6. The third-order valence-corrected chi connectivity index (χ3v) is 4.43. The lowest BCUT2D eigenvalue weighted by Gasteiger charge is -2.26. The van der Waals surface area contributed by atoms with Crippen LogP contribution in [0.15, 0.2) is 53.1 Å². The second-order valence-corrected chi connectivity index (χ2v) is 6.40. The van der Waals surface area contributed by atoms with Crippen LogP contribution < -0.4 is 15.0 Å². The standard InChI is InChI=1S/C19H14ClN3O4/c1-23-15-8-13(6-7-16(15)26-10-18(23)24)21-19(25)14-9-17(27-22-14)11-2-4-12(20)5-3-11/h2-9H,10H2,1H3,(H,21,25). The summed E-state index contributed by atoms with van der Waals surface area (Å²) in [7, 11) is 1.66. The number of anilines is 2. The summed E-state index contributed by atoms with van der Waals surface area (Å²) in [5.74, 6) is 0.460. The quantitative estimate of drug-likeness (QED) is 0.747. The third-order valence-electron chi connectivity index (χ3n) is 4.17. The lowest BCUT2D eigenvalue weighted by molar-refractivity contribution is -0.120. The van der Waals surface area contributed by atoms with Crippen molar-refractivity contribution in [2.75, 3.05) is 23.9 Å². The maximum atomic E-state index is 12.5. The molecule has 0 atom stereocenters. The molecule has 1 aliphatic rings. The van der Waals surface area contributed by atoms with Gasteiger partial charge in [0.1, 0.15) is 5.75 Å². The normalized spacial score (nSPS) is 13.1. The van der Waals surface area contributed by atoms with Crippen molar-refractivity contribution in [1.29, 1.82) is 0 Å². The zero-order chi connectivity index (χ0) is 19.0. The molecule has 136 valence electrons. The van der Waals surface area contributed by atoms with Crippen LogP contribution in [0.5, 0.6) is 5.75 Å². The molecular formula is C19H14ClN3O4. The van der Waals surface area contributed by atoms with Crippen LogP contribution >= 0.6 is 11.6 Å². The van der Waals surface area contributed by atoms with Gasteiger partial charge in [0.15, 0.2) is 18.1 Å². The van der Waals surface area contributed by atoms with Crippen LogP contribution in [-0.4, -0.2) is 30.6 Å². The van der Waals surface area contributed by atoms with Gasteiger partial charge in [-0.25, -0.2) is 0 Å². The molecule has 0 fully saturated rings. The molecule has 0 spiro atoms. The Morgan fingerprint density at radius 3 is 2.74 bits per heavy atom. The number of carbonyl (C=O) groups excluding carboxylic acids is 2. The number of benzene rings is 2. The largest absolute Gasteiger partial charge is 0.482 e. The second-order valence-electron chi connectivity index (χ2n) is 5.96. The highest BCUT2D eigenvalue weighted by Crippen LogP contribution is 2.33. The van der Waals surface area contributed by atoms with Gasteiger partial charge >= 0.3 is 0 Å². The summed E-state index contributed by atoms with van der Waals surface area (Å²) in [5, 5.41) is 7.17. The summed E-state index contributed by atoms with van der Waals surface area (Å²) in [6.07, 6.45) is 0. The van der Waals surface area contributed by atoms with Gasteiger partial charge in [-0.3, -0.25) is 9.59 Å². The Morgan fingerprint density at radius 2 is 1.96 bits per heavy atom. The molecule has 4 rings (SSSR count). The van der Waals surface area contributed by atoms with Crippen molar-refractivity contribution in [3.63, 3.8) is 0 Å². The predicted octanol–water partition coefficient (Wildman–Crippen LogP) is 3.60. The van der Waals surface area contributed by atoms with Crippen LogP contribution in [-0.2, 0) is 4.79 Å². The van der Waals surface area contributed by atoms with Crippen molar-refractivity contribution >= 4 is 34.8 Å². The first-order valence-electron chi connectivity index (χ1n) is 8.09. The zero-order valence-electron chi connectivity index (χ0n) is 14.2. The van der Waals surface area contributed by atoms with Gasteiger partial charge in [-0.2, -0.15) is 0 Å². The molecule has 0 saturated heterocycles. The number of nitrogens with zero attached hydrogens (tertiary/aromatic N) is 2. The number of likely N-dealkylation sites (N-methyl/N-ethyl adjacent to an activating group) is 1. The van der Waals surface area contributed by atoms with E-state index in [4.69, 9.17) is 20.9 Å². The van der Waals surface area contributed by atoms with E-state index in [1.807, 2.05) is 0 Å². The lowest BCUT2D eigenvalue weighted by atomic mass is 10.1. The molecule has 1 N–H and O–H groups in total. The maximum absolute atomic E-state index is 12.5. The van der Waals surface area contributed by atoms with E-state index in [1.165, 1.54) is 4.90 Å². The van der Waals surface area contributed by atoms with Crippen molar-refractivity contribution in [3.05, 3.63) is 59.2 Å². The van der Waals surface area contributed by atoms with Gasteiger partial charge in [-0.1, -0.05) is 16.8 Å². The number of hydrogen-bond acceptors (Lipinski definition) is 5. The monoisotopic (exact) mass is 383 g/mol. The number of carbonyl (C=O) groups is 2. The molecule has 1 aliphatic heterocycles. The Labute approximate surface area is 159 Å². The lowest BCUT2D eigenvalue weighted by Crippen LogP contribution is -2.35. The molecule has 27 heavy (non-hydrogen) atoms. The molecule has 0 bridgehead atoms. The van der Waals surface area contributed by atoms with Gasteiger partial charge in [-0.15, -0.1) is 0 Å². The molecule has 0 unspecified atom stereocenters. The van der Waals surface area contributed by atoms with E-state index in [1.54, 1.807) is 55.6 Å². The van der Waals surface area contributed by atoms with E-state index in [-0.39, 0.29) is 18.2 Å². The van der Waals surface area contributed by atoms with E-state index < -0.39 is 5.91 Å². The fraction of sp³-hybridized carbons (Fsp3) is 0.105. The van der Waals surface area contributed by atoms with Crippen LogP contribution in [0.3, 0.4) is 0 Å². The Morgan fingerprint density at radius 1 is 1.19 bits per heavy atom. The number of hydrogen-bond donors (Lipinski definition) is 1. The zero-order valence-corrected chi connectivity index (χ0v) is 15.0. The Balaban J connectivity index is 1.53. The van der Waals surface area contributed by atoms with Crippen molar-refractivity contribution in [1.82, 2.24) is 5.16 Å². The average Bonchev–Trinajstić information content (AvgIpc) is 3.16. The van der Waals surface area contributed by atoms with Gasteiger partial charge in [0.05, 0.1) is 5.69 Å². The first kappa shape index (κ1) is 17.1. The maximum Gasteiger partial charge on any atom is 0.277 e. The van der Waals surface area contributed by atoms with Crippen LogP contribution in [0, 0.1) is 0 Å². The molecule has 2 aromatic carbocycles. The van der Waals surface area contributed by atoms with Gasteiger partial charge < -0.3 is 19.5 Å². The topological polar surface area (TPSA) is 84.7 Å². The smallest absolute Gasteiger partial charge is 0.277 e. The second kappa shape index (κ2) is 6.77. The summed E-state index contributed by atoms with van der Waals surface area (Å²) in [6, 6.07) is 13.6. The Kier molecular flexibility index (Phi) is 4.29. The van der Waals surface area contributed by atoms with Gasteiger partial charge in [0, 0.05) is 29.4 Å². The molecule has 2 amide bonds. The number of nitrogens with one attached hydrogen (secondary N) is 1. The number of ether oxygens (including phenoxy) is 1. The Hall–Kier alpha value is -3.32. The fourth-order valence-electron chi connectivity index (χ4n) is 2.68. The van der Waals surface area contributed by atoms with Crippen molar-refractivity contribution < 1.29 is 18.8 Å². The molecule has 8 heteroatoms. The molecule has 2 heterocycles. The van der Waals surface area contributed by atoms with E-state index in [2.05, 4.69) is 10.5 Å². The molecule has 0 radical (unpaired) electrons. The summed E-state index contributed by atoms with van der Waals surface area (Å²) >= 11 is 5.87. The molecule has 7 nitrogen and oxygen atoms in total. The Bertz CT molecular complexity index is 1030. The number of amides is 2. The van der Waals surface area contributed by atoms with Crippen molar-refractivity contribution in [2.24, 2.45) is 0 Å². The van der Waals surface area contributed by atoms with E-state index >= 15 is 0 Å². The van der Waals surface area contributed by atoms with Crippen molar-refractivity contribution in [3.8, 4) is 17.1 Å². The summed E-state index contributed by atoms with van der Waals surface area (Å²) in [5.41, 5.74) is 2.00. The average molecular weight is 384 g/mol. The van der Waals surface area contributed by atoms with E-state index in [9.17, 15) is 9.59 Å². The minimum absolute atomic E-state index is 0.00161. The summed E-state index contributed by atoms with van der Waals surface area (Å²) in [4.78, 5) is 25.7. The summed E-state index contributed by atoms with van der Waals surface area (Å²) in [6.45, 7) is 0.00161. The van der Waals surface area contributed by atoms with E-state index in [0.717, 1.165) is 5.56 Å². The first-order valence-corrected chi connectivity index (χ1v) is 8.46. The molecular weight excluding hydrogens is 370 g/mol. The first-order chi connectivity index (χ1) is 13.0. The molecule has 1 aromatic heterocycles. The van der Waals surface area contributed by atoms with Crippen LogP contribution in [0.25, 0.3) is 11.3 Å². The fourth-order valence-corrected chi connectivity index (χ4v) is 2.80. The number of rotatable bonds is 3. The van der Waals surface area contributed by atoms with Crippen LogP contribution in [0.4, 0.5) is 11.4 Å². The highest BCUT2D eigenvalue weighted by atomic mass is 35.5. The minimum atomic E-state index is -0.426. The third kappa shape index (κ3) is 3.37. The highest BCUT2D eigenvalue weighted by Gasteiger charge is 2.23. The SMILES string of the molecule is CN1C(=O)COc2ccc(NC(=O)c3cc(-c4ccc(Cl)cc4)on3)cc21. The number of fused-ring (bicyclic) bond motifs is 1. The van der Waals surface area contributed by atoms with Crippen molar-refractivity contribution in [2.45, 2.75) is 0 Å². The van der Waals surface area contributed by atoms with E-state index in [0.29, 0.717) is 27.9 Å². The van der Waals surface area contributed by atoms with Gasteiger partial charge in [-0.05, 0) is 42.5 Å². The van der Waals surface area contributed by atoms with Gasteiger partial charge in [0.2, 0.25) is 0 Å². The molecule has 3 aromatic rings. The van der Waals surface area contributed by atoms with Gasteiger partial charge in [0.25, 0.3) is 11.8 Å². The predicted molar refractivity (Wildman–Crippen MR) is 100 cm³/mol. The molecule has 0 aliphatic carbocycles. The number of halogens is 1. The molecule has 0 saturated carbocycles. The minimum Gasteiger partial charge on any atom is -0.482 e. The van der Waals surface area contributed by atoms with Crippen LogP contribution in [0.2, 0.25) is 5.02 Å². The number of aromatic nitrogens is 1. The highest BCUT2D eigenvalue weighted by molar-refractivity contribution is 6.30. The van der Waals surface area contributed by atoms with Crippen LogP contribution in [0.1, 0.15) is 10.5 Å².